The molecule has 1 heterocycles. The van der Waals surface area contributed by atoms with Gasteiger partial charge in [-0.15, -0.1) is 0 Å². The second-order valence-electron chi connectivity index (χ2n) is 4.76. The molecule has 0 saturated carbocycles. The lowest BCUT2D eigenvalue weighted by Crippen LogP contribution is -2.04. The van der Waals surface area contributed by atoms with Crippen molar-refractivity contribution in [3.63, 3.8) is 0 Å². The highest BCUT2D eigenvalue weighted by Gasteiger charge is 2.16. The SMILES string of the molecule is COC(=O)c1ncc2cc(Oc3cccc(Cl)c3)ccc2c1O. The molecular formula is C17H12ClNO4. The fourth-order valence-electron chi connectivity index (χ4n) is 2.16. The Kier molecular flexibility index (Phi) is 4.04. The van der Waals surface area contributed by atoms with Crippen molar-refractivity contribution >= 4 is 28.3 Å². The summed E-state index contributed by atoms with van der Waals surface area (Å²) in [5.74, 6) is 0.249. The number of hydrogen-bond acceptors (Lipinski definition) is 5. The van der Waals surface area contributed by atoms with Crippen LogP contribution in [0.1, 0.15) is 10.5 Å². The molecule has 116 valence electrons. The van der Waals surface area contributed by atoms with Gasteiger partial charge in [-0.2, -0.15) is 0 Å². The molecule has 3 aromatic rings. The first-order chi connectivity index (χ1) is 11.1. The summed E-state index contributed by atoms with van der Waals surface area (Å²) in [4.78, 5) is 15.5. The van der Waals surface area contributed by atoms with Crippen molar-refractivity contribution in [2.75, 3.05) is 7.11 Å². The fraction of sp³-hybridized carbons (Fsp3) is 0.0588. The van der Waals surface area contributed by atoms with Gasteiger partial charge >= 0.3 is 5.97 Å². The molecule has 1 N–H and O–H groups in total. The van der Waals surface area contributed by atoms with Crippen molar-refractivity contribution in [2.24, 2.45) is 0 Å². The number of rotatable bonds is 3. The number of pyridine rings is 1. The van der Waals surface area contributed by atoms with Crippen LogP contribution >= 0.6 is 11.6 Å². The van der Waals surface area contributed by atoms with E-state index in [1.807, 2.05) is 0 Å². The molecule has 0 spiro atoms. The maximum Gasteiger partial charge on any atom is 0.360 e. The van der Waals surface area contributed by atoms with E-state index in [2.05, 4.69) is 9.72 Å². The monoisotopic (exact) mass is 329 g/mol. The van der Waals surface area contributed by atoms with Crippen LogP contribution in [0.25, 0.3) is 10.8 Å². The molecule has 3 rings (SSSR count). The summed E-state index contributed by atoms with van der Waals surface area (Å²) in [5, 5.41) is 11.8. The van der Waals surface area contributed by atoms with Crippen LogP contribution in [-0.4, -0.2) is 23.2 Å². The molecule has 0 bridgehead atoms. The highest BCUT2D eigenvalue weighted by molar-refractivity contribution is 6.30. The van der Waals surface area contributed by atoms with Gasteiger partial charge < -0.3 is 14.6 Å². The largest absolute Gasteiger partial charge is 0.505 e. The standard InChI is InChI=1S/C17H12ClNO4/c1-22-17(21)15-16(20)14-6-5-13(7-10(14)9-19-15)23-12-4-2-3-11(18)8-12/h2-9,20H,1H3. The zero-order chi connectivity index (χ0) is 16.4. The van der Waals surface area contributed by atoms with Crippen LogP contribution in [0.3, 0.4) is 0 Å². The van der Waals surface area contributed by atoms with Gasteiger partial charge in [-0.3, -0.25) is 0 Å². The summed E-state index contributed by atoms with van der Waals surface area (Å²) in [6.45, 7) is 0. The van der Waals surface area contributed by atoms with E-state index in [0.29, 0.717) is 27.3 Å². The Morgan fingerprint density at radius 3 is 2.70 bits per heavy atom. The van der Waals surface area contributed by atoms with E-state index in [0.717, 1.165) is 0 Å². The van der Waals surface area contributed by atoms with Crippen LogP contribution in [0, 0.1) is 0 Å². The average molecular weight is 330 g/mol. The Morgan fingerprint density at radius 1 is 1.17 bits per heavy atom. The first-order valence-electron chi connectivity index (χ1n) is 6.72. The fourth-order valence-corrected chi connectivity index (χ4v) is 2.34. The molecular weight excluding hydrogens is 318 g/mol. The number of carbonyl (C=O) groups excluding carboxylic acids is 1. The zero-order valence-corrected chi connectivity index (χ0v) is 12.9. The van der Waals surface area contributed by atoms with Crippen molar-refractivity contribution in [3.8, 4) is 17.2 Å². The number of halogens is 1. The summed E-state index contributed by atoms with van der Waals surface area (Å²) in [7, 11) is 1.23. The Hall–Kier alpha value is -2.79. The van der Waals surface area contributed by atoms with E-state index in [1.165, 1.54) is 13.3 Å². The molecule has 0 saturated heterocycles. The molecule has 0 amide bonds. The molecule has 1 aromatic heterocycles. The smallest absolute Gasteiger partial charge is 0.360 e. The lowest BCUT2D eigenvalue weighted by Gasteiger charge is -2.09. The van der Waals surface area contributed by atoms with Gasteiger partial charge in [-0.05, 0) is 36.4 Å². The Bertz CT molecular complexity index is 895. The highest BCUT2D eigenvalue weighted by Crippen LogP contribution is 2.32. The third kappa shape index (κ3) is 3.05. The van der Waals surface area contributed by atoms with Gasteiger partial charge in [0.1, 0.15) is 11.5 Å². The molecule has 0 aliphatic heterocycles. The van der Waals surface area contributed by atoms with Crippen molar-refractivity contribution in [3.05, 3.63) is 59.4 Å². The Balaban J connectivity index is 1.98. The normalized spacial score (nSPS) is 10.5. The van der Waals surface area contributed by atoms with E-state index in [4.69, 9.17) is 16.3 Å². The number of nitrogens with zero attached hydrogens (tertiary/aromatic N) is 1. The lowest BCUT2D eigenvalue weighted by atomic mass is 10.1. The average Bonchev–Trinajstić information content (AvgIpc) is 2.54. The minimum absolute atomic E-state index is 0.122. The zero-order valence-electron chi connectivity index (χ0n) is 12.1. The van der Waals surface area contributed by atoms with E-state index >= 15 is 0 Å². The van der Waals surface area contributed by atoms with Gasteiger partial charge in [0.25, 0.3) is 0 Å². The third-order valence-corrected chi connectivity index (χ3v) is 3.48. The van der Waals surface area contributed by atoms with Crippen LogP contribution in [0.4, 0.5) is 0 Å². The maximum absolute atomic E-state index is 11.5. The summed E-state index contributed by atoms with van der Waals surface area (Å²) in [6.07, 6.45) is 1.48. The predicted molar refractivity (Wildman–Crippen MR) is 86.3 cm³/mol. The molecule has 0 fully saturated rings. The number of fused-ring (bicyclic) bond motifs is 1. The molecule has 5 nitrogen and oxygen atoms in total. The van der Waals surface area contributed by atoms with Crippen molar-refractivity contribution in [2.45, 2.75) is 0 Å². The van der Waals surface area contributed by atoms with E-state index < -0.39 is 5.97 Å². The number of hydrogen-bond donors (Lipinski definition) is 1. The van der Waals surface area contributed by atoms with Gasteiger partial charge in [0.2, 0.25) is 0 Å². The highest BCUT2D eigenvalue weighted by atomic mass is 35.5. The number of benzene rings is 2. The van der Waals surface area contributed by atoms with Gasteiger partial charge in [0.05, 0.1) is 7.11 Å². The number of methoxy groups -OCH3 is 1. The van der Waals surface area contributed by atoms with Crippen molar-refractivity contribution < 1.29 is 19.4 Å². The van der Waals surface area contributed by atoms with Crippen LogP contribution in [0.15, 0.2) is 48.7 Å². The minimum atomic E-state index is -0.691. The number of esters is 1. The minimum Gasteiger partial charge on any atom is -0.505 e. The molecule has 6 heteroatoms. The molecule has 0 unspecified atom stereocenters. The number of carbonyl (C=O) groups is 1. The summed E-state index contributed by atoms with van der Waals surface area (Å²) >= 11 is 5.92. The van der Waals surface area contributed by atoms with Gasteiger partial charge in [0.15, 0.2) is 11.4 Å². The maximum atomic E-state index is 11.5. The molecule has 23 heavy (non-hydrogen) atoms. The van der Waals surface area contributed by atoms with Crippen molar-refractivity contribution in [1.82, 2.24) is 4.98 Å². The first-order valence-corrected chi connectivity index (χ1v) is 7.10. The topological polar surface area (TPSA) is 68.7 Å². The molecule has 0 aliphatic carbocycles. The molecule has 2 aromatic carbocycles. The number of aromatic nitrogens is 1. The second-order valence-corrected chi connectivity index (χ2v) is 5.19. The quantitative estimate of drug-likeness (QED) is 0.730. The van der Waals surface area contributed by atoms with E-state index in [-0.39, 0.29) is 11.4 Å². The molecule has 0 aliphatic rings. The summed E-state index contributed by atoms with van der Waals surface area (Å²) in [6, 6.07) is 12.1. The predicted octanol–water partition coefficient (Wildman–Crippen LogP) is 4.17. The van der Waals surface area contributed by atoms with E-state index in [9.17, 15) is 9.90 Å². The van der Waals surface area contributed by atoms with Crippen LogP contribution < -0.4 is 4.74 Å². The second kappa shape index (κ2) is 6.14. The molecule has 0 atom stereocenters. The van der Waals surface area contributed by atoms with Crippen molar-refractivity contribution in [1.29, 1.82) is 0 Å². The summed E-state index contributed by atoms with van der Waals surface area (Å²) in [5.41, 5.74) is -0.122. The summed E-state index contributed by atoms with van der Waals surface area (Å²) < 4.78 is 10.3. The van der Waals surface area contributed by atoms with Gasteiger partial charge in [-0.25, -0.2) is 9.78 Å². The number of aromatic hydroxyl groups is 1. The first kappa shape index (κ1) is 15.1. The Morgan fingerprint density at radius 2 is 1.96 bits per heavy atom. The Labute approximate surface area is 137 Å². The third-order valence-electron chi connectivity index (χ3n) is 3.25. The van der Waals surface area contributed by atoms with Crippen LogP contribution in [0.5, 0.6) is 17.2 Å². The molecule has 0 radical (unpaired) electrons. The van der Waals surface area contributed by atoms with Crippen LogP contribution in [0.2, 0.25) is 5.02 Å². The number of ether oxygens (including phenoxy) is 2. The lowest BCUT2D eigenvalue weighted by molar-refractivity contribution is 0.0591. The van der Waals surface area contributed by atoms with E-state index in [1.54, 1.807) is 42.5 Å². The van der Waals surface area contributed by atoms with Gasteiger partial charge in [0, 0.05) is 22.0 Å². The van der Waals surface area contributed by atoms with Gasteiger partial charge in [-0.1, -0.05) is 17.7 Å². The van der Waals surface area contributed by atoms with Crippen LogP contribution in [-0.2, 0) is 4.74 Å².